The number of nitrogens with two attached hydrogens (primary N) is 1. The van der Waals surface area contributed by atoms with Gasteiger partial charge < -0.3 is 20.3 Å². The Labute approximate surface area is 149 Å². The van der Waals surface area contributed by atoms with E-state index in [1.807, 2.05) is 5.10 Å². The van der Waals surface area contributed by atoms with Crippen molar-refractivity contribution in [3.63, 3.8) is 0 Å². The number of fused-ring (bicyclic) bond motifs is 1. The van der Waals surface area contributed by atoms with Crippen LogP contribution in [-0.4, -0.2) is 27.9 Å². The lowest BCUT2D eigenvalue weighted by molar-refractivity contribution is -0.142. The fourth-order valence-corrected chi connectivity index (χ4v) is 2.76. The Hall–Kier alpha value is -3.68. The number of para-hydroxylation sites is 1. The van der Waals surface area contributed by atoms with Crippen LogP contribution < -0.4 is 15.2 Å². The first kappa shape index (κ1) is 18.1. The maximum absolute atomic E-state index is 13.4. The SMILES string of the molecule is N#CC1=C(N)Oc2n[nH]c(C(F)(F)F)c2[C@H]1c1ccccc1OCC(=O)O. The van der Waals surface area contributed by atoms with Crippen molar-refractivity contribution in [3.8, 4) is 17.7 Å². The molecule has 1 atom stereocenters. The first-order chi connectivity index (χ1) is 12.7. The number of hydrogen-bond donors (Lipinski definition) is 3. The number of aromatic amines is 1. The van der Waals surface area contributed by atoms with E-state index in [0.717, 1.165) is 0 Å². The molecule has 2 aromatic rings. The highest BCUT2D eigenvalue weighted by molar-refractivity contribution is 5.68. The van der Waals surface area contributed by atoms with Gasteiger partial charge in [0.15, 0.2) is 6.61 Å². The smallest absolute Gasteiger partial charge is 0.433 e. The van der Waals surface area contributed by atoms with Gasteiger partial charge in [0, 0.05) is 5.56 Å². The Morgan fingerprint density at radius 2 is 2.15 bits per heavy atom. The summed E-state index contributed by atoms with van der Waals surface area (Å²) in [6, 6.07) is 7.57. The maximum Gasteiger partial charge on any atom is 0.433 e. The second kappa shape index (κ2) is 6.56. The minimum Gasteiger partial charge on any atom is -0.482 e. The van der Waals surface area contributed by atoms with Crippen LogP contribution in [-0.2, 0) is 11.0 Å². The van der Waals surface area contributed by atoms with E-state index in [4.69, 9.17) is 20.3 Å². The second-order valence-electron chi connectivity index (χ2n) is 5.46. The fourth-order valence-electron chi connectivity index (χ4n) is 2.76. The fraction of sp³-hybridized carbons (Fsp3) is 0.188. The molecule has 140 valence electrons. The van der Waals surface area contributed by atoms with Crippen molar-refractivity contribution in [1.82, 2.24) is 10.2 Å². The number of benzene rings is 1. The third-order valence-electron chi connectivity index (χ3n) is 3.80. The van der Waals surface area contributed by atoms with E-state index in [1.54, 1.807) is 6.07 Å². The number of nitrogens with one attached hydrogen (secondary N) is 1. The summed E-state index contributed by atoms with van der Waals surface area (Å²) in [5, 5.41) is 23.6. The molecule has 0 radical (unpaired) electrons. The lowest BCUT2D eigenvalue weighted by Gasteiger charge is -2.25. The summed E-state index contributed by atoms with van der Waals surface area (Å²) in [5.74, 6) is -3.40. The molecule has 0 fully saturated rings. The van der Waals surface area contributed by atoms with Crippen molar-refractivity contribution in [1.29, 1.82) is 5.26 Å². The standard InChI is InChI=1S/C16H11F3N4O4/c17-16(18,19)13-12-11(8(5-20)14(21)27-15(12)23-22-13)7-3-1-2-4-9(7)26-6-10(24)25/h1-4,11H,6,21H2,(H,22,23)(H,24,25)/t11-/m0/s1. The Morgan fingerprint density at radius 1 is 1.44 bits per heavy atom. The summed E-state index contributed by atoms with van der Waals surface area (Å²) >= 11 is 0. The molecule has 2 heterocycles. The predicted octanol–water partition coefficient (Wildman–Crippen LogP) is 2.11. The Balaban J connectivity index is 2.22. The van der Waals surface area contributed by atoms with Gasteiger partial charge in [0.05, 0.1) is 11.5 Å². The monoisotopic (exact) mass is 380 g/mol. The zero-order chi connectivity index (χ0) is 19.8. The molecule has 0 bridgehead atoms. The van der Waals surface area contributed by atoms with Crippen LogP contribution in [0.1, 0.15) is 22.7 Å². The van der Waals surface area contributed by atoms with Crippen LogP contribution >= 0.6 is 0 Å². The number of hydrogen-bond acceptors (Lipinski definition) is 6. The van der Waals surface area contributed by atoms with E-state index < -0.39 is 47.7 Å². The highest BCUT2D eigenvalue weighted by Crippen LogP contribution is 2.48. The number of aromatic nitrogens is 2. The number of nitriles is 1. The number of carboxylic acid groups (broad SMARTS) is 1. The molecule has 1 aliphatic heterocycles. The van der Waals surface area contributed by atoms with Crippen LogP contribution in [0.15, 0.2) is 35.7 Å². The summed E-state index contributed by atoms with van der Waals surface area (Å²) in [7, 11) is 0. The average Bonchev–Trinajstić information content (AvgIpc) is 3.02. The molecule has 0 saturated carbocycles. The lowest BCUT2D eigenvalue weighted by Crippen LogP contribution is -2.23. The van der Waals surface area contributed by atoms with Crippen LogP contribution in [0.5, 0.6) is 11.6 Å². The van der Waals surface area contributed by atoms with E-state index in [0.29, 0.717) is 0 Å². The number of halogens is 3. The van der Waals surface area contributed by atoms with Crippen molar-refractivity contribution in [3.05, 3.63) is 52.5 Å². The topological polar surface area (TPSA) is 134 Å². The molecular weight excluding hydrogens is 369 g/mol. The first-order valence-corrected chi connectivity index (χ1v) is 7.40. The Morgan fingerprint density at radius 3 is 2.78 bits per heavy atom. The number of alkyl halides is 3. The number of aliphatic carboxylic acids is 1. The number of H-pyrrole nitrogens is 1. The van der Waals surface area contributed by atoms with Gasteiger partial charge in [0.25, 0.3) is 0 Å². The largest absolute Gasteiger partial charge is 0.482 e. The van der Waals surface area contributed by atoms with Crippen molar-refractivity contribution in [2.24, 2.45) is 5.73 Å². The van der Waals surface area contributed by atoms with E-state index in [1.165, 1.54) is 24.3 Å². The molecule has 8 nitrogen and oxygen atoms in total. The van der Waals surface area contributed by atoms with Gasteiger partial charge in [-0.1, -0.05) is 18.2 Å². The Bertz CT molecular complexity index is 975. The van der Waals surface area contributed by atoms with E-state index >= 15 is 0 Å². The zero-order valence-electron chi connectivity index (χ0n) is 13.4. The van der Waals surface area contributed by atoms with Crippen molar-refractivity contribution < 1.29 is 32.5 Å². The molecule has 4 N–H and O–H groups in total. The van der Waals surface area contributed by atoms with Gasteiger partial charge in [-0.3, -0.25) is 5.10 Å². The van der Waals surface area contributed by atoms with Crippen LogP contribution in [0, 0.1) is 11.3 Å². The molecule has 0 amide bonds. The molecule has 0 spiro atoms. The number of carboxylic acids is 1. The Kier molecular flexibility index (Phi) is 4.40. The van der Waals surface area contributed by atoms with E-state index in [9.17, 15) is 23.2 Å². The van der Waals surface area contributed by atoms with Crippen LogP contribution in [0.25, 0.3) is 0 Å². The number of carbonyl (C=O) groups is 1. The van der Waals surface area contributed by atoms with Crippen LogP contribution in [0.3, 0.4) is 0 Å². The van der Waals surface area contributed by atoms with Crippen molar-refractivity contribution >= 4 is 5.97 Å². The first-order valence-electron chi connectivity index (χ1n) is 7.40. The van der Waals surface area contributed by atoms with Crippen molar-refractivity contribution in [2.75, 3.05) is 6.61 Å². The highest BCUT2D eigenvalue weighted by atomic mass is 19.4. The van der Waals surface area contributed by atoms with Gasteiger partial charge >= 0.3 is 12.1 Å². The quantitative estimate of drug-likeness (QED) is 0.739. The van der Waals surface area contributed by atoms with Gasteiger partial charge in [-0.15, -0.1) is 5.10 Å². The molecule has 3 rings (SSSR count). The molecule has 1 aromatic carbocycles. The lowest BCUT2D eigenvalue weighted by atomic mass is 9.83. The molecule has 11 heteroatoms. The third kappa shape index (κ3) is 3.24. The highest BCUT2D eigenvalue weighted by Gasteiger charge is 2.45. The summed E-state index contributed by atoms with van der Waals surface area (Å²) in [5.41, 5.74) is 3.90. The average molecular weight is 380 g/mol. The molecular formula is C16H11F3N4O4. The van der Waals surface area contributed by atoms with E-state index in [2.05, 4.69) is 5.10 Å². The molecule has 0 saturated heterocycles. The summed E-state index contributed by atoms with van der Waals surface area (Å²) in [4.78, 5) is 10.8. The molecule has 0 unspecified atom stereocenters. The number of allylic oxidation sites excluding steroid dienone is 1. The summed E-state index contributed by atoms with van der Waals surface area (Å²) < 4.78 is 50.5. The molecule has 0 aliphatic carbocycles. The minimum atomic E-state index is -4.80. The van der Waals surface area contributed by atoms with Crippen molar-refractivity contribution in [2.45, 2.75) is 12.1 Å². The normalized spacial score (nSPS) is 16.3. The van der Waals surface area contributed by atoms with Gasteiger partial charge in [-0.25, -0.2) is 4.79 Å². The summed E-state index contributed by atoms with van der Waals surface area (Å²) in [6.45, 7) is -0.717. The predicted molar refractivity (Wildman–Crippen MR) is 82.5 cm³/mol. The number of rotatable bonds is 4. The summed E-state index contributed by atoms with van der Waals surface area (Å²) in [6.07, 6.45) is -4.80. The number of ether oxygens (including phenoxy) is 2. The van der Waals surface area contributed by atoms with Gasteiger partial charge in [0.1, 0.15) is 23.1 Å². The third-order valence-corrected chi connectivity index (χ3v) is 3.80. The minimum absolute atomic E-state index is 0.00683. The zero-order valence-corrected chi connectivity index (χ0v) is 13.4. The molecule has 1 aliphatic rings. The van der Waals surface area contributed by atoms with Crippen LogP contribution in [0.4, 0.5) is 13.2 Å². The van der Waals surface area contributed by atoms with Gasteiger partial charge in [0.2, 0.25) is 11.8 Å². The maximum atomic E-state index is 13.4. The molecule has 1 aromatic heterocycles. The van der Waals surface area contributed by atoms with Crippen LogP contribution in [0.2, 0.25) is 0 Å². The number of nitrogens with zero attached hydrogens (tertiary/aromatic N) is 2. The molecule has 27 heavy (non-hydrogen) atoms. The van der Waals surface area contributed by atoms with E-state index in [-0.39, 0.29) is 16.9 Å². The van der Waals surface area contributed by atoms with Gasteiger partial charge in [-0.2, -0.15) is 18.4 Å². The second-order valence-corrected chi connectivity index (χ2v) is 5.46. The van der Waals surface area contributed by atoms with Gasteiger partial charge in [-0.05, 0) is 6.07 Å².